The smallest absolute Gasteiger partial charge is 0.277 e. The van der Waals surface area contributed by atoms with Gasteiger partial charge in [0, 0.05) is 16.1 Å². The molecule has 4 aromatic rings. The van der Waals surface area contributed by atoms with Crippen molar-refractivity contribution in [2.75, 3.05) is 0 Å². The topological polar surface area (TPSA) is 77.8 Å². The molecule has 0 unspecified atom stereocenters. The van der Waals surface area contributed by atoms with Crippen molar-refractivity contribution >= 4 is 23.4 Å². The van der Waals surface area contributed by atoms with Crippen LogP contribution in [0, 0.1) is 6.92 Å². The van der Waals surface area contributed by atoms with E-state index in [0.717, 1.165) is 11.1 Å². The van der Waals surface area contributed by atoms with E-state index in [0.29, 0.717) is 27.9 Å². The van der Waals surface area contributed by atoms with Crippen molar-refractivity contribution in [3.8, 4) is 22.9 Å². The lowest BCUT2D eigenvalue weighted by molar-refractivity contribution is 0.461. The van der Waals surface area contributed by atoms with Crippen molar-refractivity contribution in [2.24, 2.45) is 0 Å². The molecular weight excluding hydrogens is 384 g/mol. The summed E-state index contributed by atoms with van der Waals surface area (Å²) in [6.07, 6.45) is 0. The second-order valence-electron chi connectivity index (χ2n) is 5.96. The Bertz CT molecular complexity index is 1060. The van der Waals surface area contributed by atoms with Gasteiger partial charge in [-0.3, -0.25) is 0 Å². The molecule has 8 heteroatoms. The van der Waals surface area contributed by atoms with Crippen LogP contribution in [0.5, 0.6) is 0 Å². The van der Waals surface area contributed by atoms with Gasteiger partial charge in [-0.2, -0.15) is 0 Å². The molecule has 1 atom stereocenters. The highest BCUT2D eigenvalue weighted by Gasteiger charge is 2.20. The van der Waals surface area contributed by atoms with E-state index in [1.54, 1.807) is 12.1 Å². The minimum atomic E-state index is -0.135. The molecule has 4 rings (SSSR count). The van der Waals surface area contributed by atoms with E-state index in [-0.39, 0.29) is 5.25 Å². The molecule has 0 spiro atoms. The maximum Gasteiger partial charge on any atom is 0.277 e. The van der Waals surface area contributed by atoms with Gasteiger partial charge in [0.15, 0.2) is 0 Å². The number of nitrogens with zero attached hydrogens (tertiary/aromatic N) is 4. The number of hydrogen-bond donors (Lipinski definition) is 0. The standard InChI is InChI=1S/C19H15ClN4O2S/c1-11-6-8-13(9-7-11)17-22-21-16(25-17)12(2)27-19-24-23-18(26-19)14-4-3-5-15(20)10-14/h3-10,12H,1-2H3/t12-/m1/s1. The average Bonchev–Trinajstić information content (AvgIpc) is 3.32. The minimum Gasteiger partial charge on any atom is -0.419 e. The molecule has 2 aromatic carbocycles. The second kappa shape index (κ2) is 7.54. The maximum atomic E-state index is 6.00. The molecule has 0 N–H and O–H groups in total. The lowest BCUT2D eigenvalue weighted by Gasteiger charge is -2.02. The fraction of sp³-hybridized carbons (Fsp3) is 0.158. The van der Waals surface area contributed by atoms with Gasteiger partial charge in [-0.1, -0.05) is 47.1 Å². The Morgan fingerprint density at radius 1 is 0.889 bits per heavy atom. The van der Waals surface area contributed by atoms with Crippen molar-refractivity contribution in [1.82, 2.24) is 20.4 Å². The number of aromatic nitrogens is 4. The lowest BCUT2D eigenvalue weighted by Crippen LogP contribution is -1.88. The van der Waals surface area contributed by atoms with Crippen LogP contribution in [0.25, 0.3) is 22.9 Å². The van der Waals surface area contributed by atoms with E-state index in [9.17, 15) is 0 Å². The van der Waals surface area contributed by atoms with Gasteiger partial charge in [0.1, 0.15) is 0 Å². The van der Waals surface area contributed by atoms with E-state index >= 15 is 0 Å². The second-order valence-corrected chi connectivity index (χ2v) is 7.68. The predicted octanol–water partition coefficient (Wildman–Crippen LogP) is 5.60. The first kappa shape index (κ1) is 17.8. The number of aryl methyl sites for hydroxylation is 1. The molecule has 0 aliphatic heterocycles. The molecule has 136 valence electrons. The number of rotatable bonds is 5. The van der Waals surface area contributed by atoms with Crippen molar-refractivity contribution in [3.63, 3.8) is 0 Å². The molecule has 6 nitrogen and oxygen atoms in total. The third-order valence-corrected chi connectivity index (χ3v) is 5.00. The first-order chi connectivity index (χ1) is 13.1. The minimum absolute atomic E-state index is 0.135. The zero-order chi connectivity index (χ0) is 18.8. The van der Waals surface area contributed by atoms with Crippen LogP contribution in [0.4, 0.5) is 0 Å². The molecule has 2 heterocycles. The van der Waals surface area contributed by atoms with Gasteiger partial charge in [0.25, 0.3) is 5.22 Å². The summed E-state index contributed by atoms with van der Waals surface area (Å²) in [4.78, 5) is 0. The molecule has 27 heavy (non-hydrogen) atoms. The van der Waals surface area contributed by atoms with Gasteiger partial charge < -0.3 is 8.83 Å². The summed E-state index contributed by atoms with van der Waals surface area (Å²) in [6, 6.07) is 15.2. The number of hydrogen-bond acceptors (Lipinski definition) is 7. The Morgan fingerprint density at radius 3 is 2.41 bits per heavy atom. The molecule has 0 saturated carbocycles. The van der Waals surface area contributed by atoms with Crippen LogP contribution in [-0.4, -0.2) is 20.4 Å². The average molecular weight is 399 g/mol. The highest BCUT2D eigenvalue weighted by atomic mass is 35.5. The van der Waals surface area contributed by atoms with Crippen LogP contribution >= 0.6 is 23.4 Å². The van der Waals surface area contributed by atoms with Gasteiger partial charge >= 0.3 is 0 Å². The molecule has 0 aliphatic rings. The largest absolute Gasteiger partial charge is 0.419 e. The Hall–Kier alpha value is -2.64. The fourth-order valence-corrected chi connectivity index (χ4v) is 3.31. The molecule has 0 aliphatic carbocycles. The summed E-state index contributed by atoms with van der Waals surface area (Å²) < 4.78 is 11.5. The summed E-state index contributed by atoms with van der Waals surface area (Å²) in [5, 5.41) is 17.3. The molecule has 0 saturated heterocycles. The van der Waals surface area contributed by atoms with E-state index in [1.807, 2.05) is 50.2 Å². The van der Waals surface area contributed by atoms with Crippen LogP contribution in [0.1, 0.15) is 23.6 Å². The molecule has 0 radical (unpaired) electrons. The summed E-state index contributed by atoms with van der Waals surface area (Å²) >= 11 is 7.36. The van der Waals surface area contributed by atoms with Crippen LogP contribution in [0.2, 0.25) is 5.02 Å². The monoisotopic (exact) mass is 398 g/mol. The van der Waals surface area contributed by atoms with Gasteiger partial charge in [0.05, 0.1) is 5.25 Å². The first-order valence-corrected chi connectivity index (χ1v) is 9.51. The fourth-order valence-electron chi connectivity index (χ4n) is 2.41. The highest BCUT2D eigenvalue weighted by Crippen LogP contribution is 2.35. The summed E-state index contributed by atoms with van der Waals surface area (Å²) in [5.41, 5.74) is 2.83. The first-order valence-electron chi connectivity index (χ1n) is 8.25. The predicted molar refractivity (Wildman–Crippen MR) is 103 cm³/mol. The maximum absolute atomic E-state index is 6.00. The highest BCUT2D eigenvalue weighted by molar-refractivity contribution is 7.99. The third kappa shape index (κ3) is 4.04. The Morgan fingerprint density at radius 2 is 1.63 bits per heavy atom. The Labute approximate surface area is 165 Å². The Kier molecular flexibility index (Phi) is 4.96. The molecule has 0 amide bonds. The van der Waals surface area contributed by atoms with Crippen LogP contribution < -0.4 is 0 Å². The zero-order valence-corrected chi connectivity index (χ0v) is 16.2. The Balaban J connectivity index is 1.48. The summed E-state index contributed by atoms with van der Waals surface area (Å²) in [6.45, 7) is 3.98. The van der Waals surface area contributed by atoms with Gasteiger partial charge in [-0.25, -0.2) is 0 Å². The summed E-state index contributed by atoms with van der Waals surface area (Å²) in [7, 11) is 0. The van der Waals surface area contributed by atoms with Gasteiger partial charge in [-0.05, 0) is 44.2 Å². The SMILES string of the molecule is Cc1ccc(-c2nnc([C@@H](C)Sc3nnc(-c4cccc(Cl)c4)o3)o2)cc1. The van der Waals surface area contributed by atoms with Gasteiger partial charge in [0.2, 0.25) is 17.7 Å². The van der Waals surface area contributed by atoms with Crippen LogP contribution in [0.3, 0.4) is 0 Å². The van der Waals surface area contributed by atoms with Crippen molar-refractivity contribution in [2.45, 2.75) is 24.3 Å². The third-order valence-electron chi connectivity index (χ3n) is 3.84. The lowest BCUT2D eigenvalue weighted by atomic mass is 10.1. The van der Waals surface area contributed by atoms with E-state index in [1.165, 1.54) is 17.3 Å². The van der Waals surface area contributed by atoms with Gasteiger partial charge in [-0.15, -0.1) is 20.4 Å². The number of thioether (sulfide) groups is 1. The molecule has 2 aromatic heterocycles. The van der Waals surface area contributed by atoms with E-state index < -0.39 is 0 Å². The quantitative estimate of drug-likeness (QED) is 0.405. The normalized spacial score (nSPS) is 12.3. The molecule has 0 bridgehead atoms. The van der Waals surface area contributed by atoms with Crippen molar-refractivity contribution in [3.05, 3.63) is 65.0 Å². The van der Waals surface area contributed by atoms with E-state index in [2.05, 4.69) is 20.4 Å². The van der Waals surface area contributed by atoms with E-state index in [4.69, 9.17) is 20.4 Å². The summed E-state index contributed by atoms with van der Waals surface area (Å²) in [5.74, 6) is 1.40. The van der Waals surface area contributed by atoms with Crippen molar-refractivity contribution in [1.29, 1.82) is 0 Å². The number of halogens is 1. The molecular formula is C19H15ClN4O2S. The zero-order valence-electron chi connectivity index (χ0n) is 14.6. The van der Waals surface area contributed by atoms with Crippen LogP contribution in [0.15, 0.2) is 62.6 Å². The molecule has 0 fully saturated rings. The number of benzene rings is 2. The van der Waals surface area contributed by atoms with Crippen molar-refractivity contribution < 1.29 is 8.83 Å². The van der Waals surface area contributed by atoms with Crippen LogP contribution in [-0.2, 0) is 0 Å².